The Morgan fingerprint density at radius 3 is 2.64 bits per heavy atom. The van der Waals surface area contributed by atoms with Crippen molar-refractivity contribution in [1.82, 2.24) is 10.5 Å². The van der Waals surface area contributed by atoms with E-state index in [4.69, 9.17) is 14.0 Å². The molecule has 1 fully saturated rings. The molecular formula is C18H23N3O4. The van der Waals surface area contributed by atoms with E-state index in [1.54, 1.807) is 26.5 Å². The Kier molecular flexibility index (Phi) is 5.42. The van der Waals surface area contributed by atoms with Crippen molar-refractivity contribution in [3.63, 3.8) is 0 Å². The van der Waals surface area contributed by atoms with Crippen molar-refractivity contribution in [2.24, 2.45) is 0 Å². The van der Waals surface area contributed by atoms with E-state index in [2.05, 4.69) is 15.8 Å². The molecule has 7 nitrogen and oxygen atoms in total. The third-order valence-corrected chi connectivity index (χ3v) is 4.43. The highest BCUT2D eigenvalue weighted by Crippen LogP contribution is 2.35. The van der Waals surface area contributed by atoms with Crippen LogP contribution in [0.15, 0.2) is 28.9 Å². The molecule has 1 aromatic heterocycles. The van der Waals surface area contributed by atoms with E-state index in [1.165, 1.54) is 6.42 Å². The highest BCUT2D eigenvalue weighted by Gasteiger charge is 2.19. The number of nitrogens with zero attached hydrogens (tertiary/aromatic N) is 1. The van der Waals surface area contributed by atoms with Crippen molar-refractivity contribution in [3.8, 4) is 22.6 Å². The van der Waals surface area contributed by atoms with Crippen molar-refractivity contribution >= 4 is 11.9 Å². The van der Waals surface area contributed by atoms with Crippen LogP contribution in [-0.4, -0.2) is 31.4 Å². The summed E-state index contributed by atoms with van der Waals surface area (Å²) in [6.07, 6.45) is 7.16. The van der Waals surface area contributed by atoms with E-state index in [9.17, 15) is 4.79 Å². The van der Waals surface area contributed by atoms with E-state index in [-0.39, 0.29) is 12.1 Å². The molecular weight excluding hydrogens is 322 g/mol. The molecule has 0 unspecified atom stereocenters. The van der Waals surface area contributed by atoms with E-state index >= 15 is 0 Å². The Morgan fingerprint density at radius 1 is 1.16 bits per heavy atom. The third-order valence-electron chi connectivity index (χ3n) is 4.43. The number of carbonyl (C=O) groups is 1. The Morgan fingerprint density at radius 2 is 1.92 bits per heavy atom. The molecule has 1 aliphatic carbocycles. The summed E-state index contributed by atoms with van der Waals surface area (Å²) in [5.74, 6) is 1.53. The average molecular weight is 345 g/mol. The molecule has 7 heteroatoms. The van der Waals surface area contributed by atoms with Gasteiger partial charge in [0.2, 0.25) is 5.88 Å². The van der Waals surface area contributed by atoms with Crippen molar-refractivity contribution < 1.29 is 18.8 Å². The van der Waals surface area contributed by atoms with Crippen LogP contribution in [-0.2, 0) is 0 Å². The van der Waals surface area contributed by atoms with Crippen LogP contribution in [0.5, 0.6) is 11.5 Å². The summed E-state index contributed by atoms with van der Waals surface area (Å²) in [6, 6.07) is 5.42. The maximum absolute atomic E-state index is 12.2. The predicted molar refractivity (Wildman–Crippen MR) is 94.1 cm³/mol. The number of nitrogens with one attached hydrogen (secondary N) is 2. The highest BCUT2D eigenvalue weighted by molar-refractivity contribution is 5.92. The summed E-state index contributed by atoms with van der Waals surface area (Å²) in [4.78, 5) is 12.2. The molecule has 3 rings (SSSR count). The van der Waals surface area contributed by atoms with Crippen LogP contribution in [0.1, 0.15) is 32.1 Å². The smallest absolute Gasteiger partial charge is 0.321 e. The number of hydrogen-bond acceptors (Lipinski definition) is 5. The van der Waals surface area contributed by atoms with Crippen LogP contribution in [0.3, 0.4) is 0 Å². The number of anilines is 1. The van der Waals surface area contributed by atoms with E-state index in [0.717, 1.165) is 31.2 Å². The standard InChI is InChI=1S/C18H23N3O4/c1-23-15-9-8-12(10-16(15)24-2)14-11-19-25-17(14)21-18(22)20-13-6-4-3-5-7-13/h8-11,13H,3-7H2,1-2H3,(H2,20,21,22). The van der Waals surface area contributed by atoms with Crippen molar-refractivity contribution in [3.05, 3.63) is 24.4 Å². The van der Waals surface area contributed by atoms with Crippen LogP contribution in [0.25, 0.3) is 11.1 Å². The summed E-state index contributed by atoms with van der Waals surface area (Å²) < 4.78 is 15.8. The van der Waals surface area contributed by atoms with Crippen molar-refractivity contribution in [2.75, 3.05) is 19.5 Å². The monoisotopic (exact) mass is 345 g/mol. The zero-order valence-corrected chi connectivity index (χ0v) is 14.5. The molecule has 1 aliphatic rings. The zero-order chi connectivity index (χ0) is 17.6. The van der Waals surface area contributed by atoms with E-state index < -0.39 is 0 Å². The first-order chi connectivity index (χ1) is 12.2. The number of rotatable bonds is 5. The lowest BCUT2D eigenvalue weighted by molar-refractivity contribution is 0.243. The Balaban J connectivity index is 1.73. The van der Waals surface area contributed by atoms with Gasteiger partial charge in [-0.25, -0.2) is 4.79 Å². The van der Waals surface area contributed by atoms with Gasteiger partial charge in [0.15, 0.2) is 11.5 Å². The van der Waals surface area contributed by atoms with Gasteiger partial charge in [0, 0.05) is 6.04 Å². The number of carbonyl (C=O) groups excluding carboxylic acids is 1. The third kappa shape index (κ3) is 4.04. The average Bonchev–Trinajstić information content (AvgIpc) is 3.09. The number of methoxy groups -OCH3 is 2. The number of urea groups is 1. The molecule has 0 atom stereocenters. The SMILES string of the molecule is COc1ccc(-c2cnoc2NC(=O)NC2CCCCC2)cc1OC. The molecule has 0 aliphatic heterocycles. The first-order valence-corrected chi connectivity index (χ1v) is 8.46. The van der Waals surface area contributed by atoms with Crippen molar-refractivity contribution in [2.45, 2.75) is 38.1 Å². The fraction of sp³-hybridized carbons (Fsp3) is 0.444. The zero-order valence-electron chi connectivity index (χ0n) is 14.5. The Bertz CT molecular complexity index is 723. The fourth-order valence-corrected chi connectivity index (χ4v) is 3.11. The summed E-state index contributed by atoms with van der Waals surface area (Å²) in [7, 11) is 3.16. The van der Waals surface area contributed by atoms with Gasteiger partial charge in [0.1, 0.15) is 0 Å². The fourth-order valence-electron chi connectivity index (χ4n) is 3.11. The van der Waals surface area contributed by atoms with Crippen LogP contribution >= 0.6 is 0 Å². The summed E-state index contributed by atoms with van der Waals surface area (Å²) >= 11 is 0. The van der Waals surface area contributed by atoms with Gasteiger partial charge in [-0.1, -0.05) is 30.5 Å². The second kappa shape index (κ2) is 7.92. The van der Waals surface area contributed by atoms with Gasteiger partial charge < -0.3 is 19.3 Å². The number of benzene rings is 1. The molecule has 2 amide bonds. The van der Waals surface area contributed by atoms with Gasteiger partial charge in [-0.15, -0.1) is 0 Å². The van der Waals surface area contributed by atoms with Crippen LogP contribution in [0.2, 0.25) is 0 Å². The van der Waals surface area contributed by atoms with Gasteiger partial charge in [0.05, 0.1) is 26.0 Å². The minimum Gasteiger partial charge on any atom is -0.493 e. The Labute approximate surface area is 146 Å². The highest BCUT2D eigenvalue weighted by atomic mass is 16.5. The summed E-state index contributed by atoms with van der Waals surface area (Å²) in [6.45, 7) is 0. The van der Waals surface area contributed by atoms with Crippen LogP contribution in [0.4, 0.5) is 10.7 Å². The molecule has 25 heavy (non-hydrogen) atoms. The van der Waals surface area contributed by atoms with Gasteiger partial charge in [0.25, 0.3) is 0 Å². The molecule has 0 spiro atoms. The summed E-state index contributed by atoms with van der Waals surface area (Å²) in [5.41, 5.74) is 1.49. The second-order valence-electron chi connectivity index (χ2n) is 6.07. The lowest BCUT2D eigenvalue weighted by Crippen LogP contribution is -2.39. The molecule has 134 valence electrons. The molecule has 0 bridgehead atoms. The topological polar surface area (TPSA) is 85.6 Å². The molecule has 0 saturated heterocycles. The molecule has 0 radical (unpaired) electrons. The molecule has 1 heterocycles. The second-order valence-corrected chi connectivity index (χ2v) is 6.07. The van der Waals surface area contributed by atoms with E-state index in [0.29, 0.717) is 22.9 Å². The lowest BCUT2D eigenvalue weighted by atomic mass is 9.96. The number of aromatic nitrogens is 1. The van der Waals surface area contributed by atoms with Crippen molar-refractivity contribution in [1.29, 1.82) is 0 Å². The van der Waals surface area contributed by atoms with Gasteiger partial charge in [-0.05, 0) is 30.5 Å². The first-order valence-electron chi connectivity index (χ1n) is 8.46. The van der Waals surface area contributed by atoms with Gasteiger partial charge >= 0.3 is 6.03 Å². The predicted octanol–water partition coefficient (Wildman–Crippen LogP) is 3.81. The van der Waals surface area contributed by atoms with E-state index in [1.807, 2.05) is 12.1 Å². The summed E-state index contributed by atoms with van der Waals surface area (Å²) in [5, 5.41) is 9.55. The molecule has 2 N–H and O–H groups in total. The molecule has 1 aromatic carbocycles. The lowest BCUT2D eigenvalue weighted by Gasteiger charge is -2.22. The normalized spacial score (nSPS) is 14.8. The quantitative estimate of drug-likeness (QED) is 0.860. The molecule has 2 aromatic rings. The minimum absolute atomic E-state index is 0.223. The number of amides is 2. The minimum atomic E-state index is -0.273. The number of ether oxygens (including phenoxy) is 2. The van der Waals surface area contributed by atoms with Crippen LogP contribution < -0.4 is 20.1 Å². The Hall–Kier alpha value is -2.70. The first kappa shape index (κ1) is 17.1. The van der Waals surface area contributed by atoms with Gasteiger partial charge in [-0.3, -0.25) is 5.32 Å². The maximum Gasteiger partial charge on any atom is 0.321 e. The maximum atomic E-state index is 12.2. The largest absolute Gasteiger partial charge is 0.493 e. The molecule has 1 saturated carbocycles. The van der Waals surface area contributed by atoms with Gasteiger partial charge in [-0.2, -0.15) is 0 Å². The van der Waals surface area contributed by atoms with Crippen LogP contribution in [0, 0.1) is 0 Å². The number of hydrogen-bond donors (Lipinski definition) is 2.